The van der Waals surface area contributed by atoms with E-state index in [0.717, 1.165) is 17.3 Å². The highest BCUT2D eigenvalue weighted by molar-refractivity contribution is 8.00. The average Bonchev–Trinajstić information content (AvgIpc) is 2.80. The van der Waals surface area contributed by atoms with Crippen LogP contribution in [0.5, 0.6) is 0 Å². The number of hydrogen-bond acceptors (Lipinski definition) is 6. The third kappa shape index (κ3) is 6.76. The molecule has 0 bridgehead atoms. The van der Waals surface area contributed by atoms with Gasteiger partial charge in [0.15, 0.2) is 0 Å². The lowest BCUT2D eigenvalue weighted by atomic mass is 10.2. The number of anilines is 1. The van der Waals surface area contributed by atoms with Crippen LogP contribution in [-0.4, -0.2) is 62.3 Å². The normalized spacial score (nSPS) is 14.7. The van der Waals surface area contributed by atoms with Crippen LogP contribution in [0.1, 0.15) is 5.56 Å². The van der Waals surface area contributed by atoms with Crippen molar-refractivity contribution in [1.82, 2.24) is 9.62 Å². The number of nitrogens with one attached hydrogen (secondary N) is 2. The molecule has 0 spiro atoms. The maximum atomic E-state index is 13.5. The topological polar surface area (TPSA) is 105 Å². The van der Waals surface area contributed by atoms with E-state index in [4.69, 9.17) is 4.74 Å². The van der Waals surface area contributed by atoms with E-state index < -0.39 is 21.7 Å². The van der Waals surface area contributed by atoms with Crippen molar-refractivity contribution in [2.45, 2.75) is 11.4 Å². The molecule has 0 saturated carbocycles. The smallest absolute Gasteiger partial charge is 0.243 e. The van der Waals surface area contributed by atoms with E-state index in [-0.39, 0.29) is 34.5 Å². The Morgan fingerprint density at radius 2 is 1.66 bits per heavy atom. The summed E-state index contributed by atoms with van der Waals surface area (Å²) in [7, 11) is -3.55. The van der Waals surface area contributed by atoms with Crippen molar-refractivity contribution < 1.29 is 27.1 Å². The number of benzene rings is 2. The number of morpholine rings is 1. The van der Waals surface area contributed by atoms with E-state index in [0.29, 0.717) is 26.3 Å². The van der Waals surface area contributed by atoms with Gasteiger partial charge >= 0.3 is 0 Å². The summed E-state index contributed by atoms with van der Waals surface area (Å²) in [6.07, 6.45) is 0. The van der Waals surface area contributed by atoms with Gasteiger partial charge in [-0.2, -0.15) is 4.31 Å². The van der Waals surface area contributed by atoms with Gasteiger partial charge in [-0.05, 0) is 29.8 Å². The summed E-state index contributed by atoms with van der Waals surface area (Å²) >= 11 is 1.11. The second-order valence-corrected chi connectivity index (χ2v) is 9.88. The number of rotatable bonds is 9. The van der Waals surface area contributed by atoms with Crippen LogP contribution < -0.4 is 10.6 Å². The zero-order valence-electron chi connectivity index (χ0n) is 17.3. The molecule has 0 unspecified atom stereocenters. The van der Waals surface area contributed by atoms with E-state index >= 15 is 0 Å². The highest BCUT2D eigenvalue weighted by Gasteiger charge is 2.26. The molecule has 2 aromatic carbocycles. The van der Waals surface area contributed by atoms with Gasteiger partial charge in [0.25, 0.3) is 0 Å². The Labute approximate surface area is 190 Å². The fraction of sp³-hybridized carbons (Fsp3) is 0.333. The zero-order chi connectivity index (χ0) is 23.0. The van der Waals surface area contributed by atoms with E-state index in [1.807, 2.05) is 0 Å². The summed E-state index contributed by atoms with van der Waals surface area (Å²) in [4.78, 5) is 24.1. The molecule has 1 aliphatic rings. The van der Waals surface area contributed by atoms with Crippen LogP contribution in [0.4, 0.5) is 10.1 Å². The number of para-hydroxylation sites is 1. The van der Waals surface area contributed by atoms with Crippen LogP contribution in [0.15, 0.2) is 53.4 Å². The molecule has 1 aliphatic heterocycles. The first-order valence-electron chi connectivity index (χ1n) is 9.92. The number of thioether (sulfide) groups is 1. The molecule has 0 aliphatic carbocycles. The number of carbonyl (C=O) groups excluding carboxylic acids is 2. The fourth-order valence-corrected chi connectivity index (χ4v) is 5.01. The molecule has 2 amide bonds. The molecule has 3 rings (SSSR count). The number of sulfonamides is 1. The highest BCUT2D eigenvalue weighted by Crippen LogP contribution is 2.18. The van der Waals surface area contributed by atoms with Crippen LogP contribution in [0.3, 0.4) is 0 Å². The summed E-state index contributed by atoms with van der Waals surface area (Å²) in [5, 5.41) is 5.18. The lowest BCUT2D eigenvalue weighted by molar-refractivity contribution is -0.118. The largest absolute Gasteiger partial charge is 0.379 e. The van der Waals surface area contributed by atoms with Gasteiger partial charge in [0.05, 0.1) is 35.3 Å². The van der Waals surface area contributed by atoms with Gasteiger partial charge in [-0.3, -0.25) is 9.59 Å². The average molecular weight is 482 g/mol. The van der Waals surface area contributed by atoms with Crippen molar-refractivity contribution in [2.75, 3.05) is 43.1 Å². The molecule has 1 heterocycles. The van der Waals surface area contributed by atoms with Gasteiger partial charge in [0, 0.05) is 19.6 Å². The Hall–Kier alpha value is -2.47. The molecule has 32 heavy (non-hydrogen) atoms. The first-order chi connectivity index (χ1) is 15.4. The number of nitrogens with zero attached hydrogens (tertiary/aromatic N) is 1. The molecule has 0 aromatic heterocycles. The van der Waals surface area contributed by atoms with Gasteiger partial charge in [-0.15, -0.1) is 11.8 Å². The Morgan fingerprint density at radius 1 is 1.00 bits per heavy atom. The minimum Gasteiger partial charge on any atom is -0.379 e. The molecular weight excluding hydrogens is 457 g/mol. The number of hydrogen-bond donors (Lipinski definition) is 2. The van der Waals surface area contributed by atoms with Crippen molar-refractivity contribution >= 4 is 39.3 Å². The fourth-order valence-electron chi connectivity index (χ4n) is 2.95. The minimum absolute atomic E-state index is 0.00977. The van der Waals surface area contributed by atoms with Crippen molar-refractivity contribution in [3.05, 3.63) is 59.9 Å². The third-order valence-electron chi connectivity index (χ3n) is 4.64. The first kappa shape index (κ1) is 24.2. The van der Waals surface area contributed by atoms with E-state index in [1.165, 1.54) is 34.6 Å². The predicted octanol–water partition coefficient (Wildman–Crippen LogP) is 1.83. The van der Waals surface area contributed by atoms with Crippen LogP contribution in [-0.2, 0) is 30.9 Å². The second-order valence-electron chi connectivity index (χ2n) is 6.96. The van der Waals surface area contributed by atoms with Gasteiger partial charge in [-0.1, -0.05) is 24.3 Å². The summed E-state index contributed by atoms with van der Waals surface area (Å²) in [6, 6.07) is 12.2. The lowest BCUT2D eigenvalue weighted by Gasteiger charge is -2.26. The van der Waals surface area contributed by atoms with E-state index in [9.17, 15) is 22.4 Å². The molecule has 1 fully saturated rings. The number of carbonyl (C=O) groups is 2. The van der Waals surface area contributed by atoms with Crippen molar-refractivity contribution in [2.24, 2.45) is 0 Å². The molecule has 8 nitrogen and oxygen atoms in total. The van der Waals surface area contributed by atoms with Crippen LogP contribution >= 0.6 is 11.8 Å². The highest BCUT2D eigenvalue weighted by atomic mass is 32.2. The standard InChI is InChI=1S/C21H24FN3O5S2/c22-18-3-1-2-4-19(18)24-21(27)15-31-14-20(26)23-13-16-5-7-17(8-6-16)32(28,29)25-9-11-30-12-10-25/h1-8H,9-15H2,(H,23,26)(H,24,27). The molecule has 172 valence electrons. The van der Waals surface area contributed by atoms with Crippen LogP contribution in [0.25, 0.3) is 0 Å². The van der Waals surface area contributed by atoms with Crippen molar-refractivity contribution in [3.8, 4) is 0 Å². The molecule has 0 atom stereocenters. The monoisotopic (exact) mass is 481 g/mol. The molecule has 11 heteroatoms. The number of halogens is 1. The summed E-state index contributed by atoms with van der Waals surface area (Å²) in [5.74, 6) is -1.11. The van der Waals surface area contributed by atoms with Gasteiger partial charge in [0.1, 0.15) is 5.82 Å². The Morgan fingerprint density at radius 3 is 2.34 bits per heavy atom. The molecule has 2 aromatic rings. The van der Waals surface area contributed by atoms with Gasteiger partial charge in [-0.25, -0.2) is 12.8 Å². The maximum Gasteiger partial charge on any atom is 0.243 e. The Kier molecular flexibility index (Phi) is 8.62. The summed E-state index contributed by atoms with van der Waals surface area (Å²) < 4.78 is 45.3. The van der Waals surface area contributed by atoms with Gasteiger partial charge < -0.3 is 15.4 Å². The number of ether oxygens (including phenoxy) is 1. The Bertz CT molecular complexity index is 1040. The van der Waals surface area contributed by atoms with Crippen LogP contribution in [0.2, 0.25) is 0 Å². The quantitative estimate of drug-likeness (QED) is 0.566. The minimum atomic E-state index is -3.55. The molecule has 0 radical (unpaired) electrons. The lowest BCUT2D eigenvalue weighted by Crippen LogP contribution is -2.40. The molecule has 2 N–H and O–H groups in total. The Balaban J connectivity index is 1.40. The summed E-state index contributed by atoms with van der Waals surface area (Å²) in [5.41, 5.74) is 0.850. The molecular formula is C21H24FN3O5S2. The zero-order valence-corrected chi connectivity index (χ0v) is 18.9. The first-order valence-corrected chi connectivity index (χ1v) is 12.5. The van der Waals surface area contributed by atoms with Crippen molar-refractivity contribution in [1.29, 1.82) is 0 Å². The predicted molar refractivity (Wildman–Crippen MR) is 120 cm³/mol. The SMILES string of the molecule is O=C(CSCC(=O)Nc1ccccc1F)NCc1ccc(S(=O)(=O)N2CCOCC2)cc1. The number of amides is 2. The van der Waals surface area contributed by atoms with Crippen molar-refractivity contribution in [3.63, 3.8) is 0 Å². The van der Waals surface area contributed by atoms with E-state index in [2.05, 4.69) is 10.6 Å². The van der Waals surface area contributed by atoms with Gasteiger partial charge in [0.2, 0.25) is 21.8 Å². The maximum absolute atomic E-state index is 13.5. The van der Waals surface area contributed by atoms with Crippen LogP contribution in [0, 0.1) is 5.82 Å². The second kappa shape index (κ2) is 11.4. The molecule has 1 saturated heterocycles. The summed E-state index contributed by atoms with van der Waals surface area (Å²) in [6.45, 7) is 1.66. The third-order valence-corrected chi connectivity index (χ3v) is 7.48. The van der Waals surface area contributed by atoms with E-state index in [1.54, 1.807) is 18.2 Å².